The number of dihydropyridines is 1. The molecule has 2 aliphatic heterocycles. The van der Waals surface area contributed by atoms with Crippen molar-refractivity contribution in [2.24, 2.45) is 5.73 Å². The van der Waals surface area contributed by atoms with Gasteiger partial charge in [0, 0.05) is 50.7 Å². The minimum atomic E-state index is -0.701. The molecule has 1 aromatic carbocycles. The molecule has 1 saturated heterocycles. The molecule has 2 unspecified atom stereocenters. The molecule has 3 heterocycles. The Hall–Kier alpha value is -3.53. The van der Waals surface area contributed by atoms with Crippen molar-refractivity contribution in [2.45, 2.75) is 45.3 Å². The Morgan fingerprint density at radius 3 is 2.64 bits per heavy atom. The topological polar surface area (TPSA) is 116 Å². The van der Waals surface area contributed by atoms with Crippen LogP contribution >= 0.6 is 0 Å². The highest BCUT2D eigenvalue weighted by Crippen LogP contribution is 2.41. The van der Waals surface area contributed by atoms with Crippen LogP contribution in [0, 0.1) is 6.92 Å². The lowest BCUT2D eigenvalue weighted by molar-refractivity contribution is -0.152. The van der Waals surface area contributed by atoms with Gasteiger partial charge in [-0.25, -0.2) is 9.59 Å². The van der Waals surface area contributed by atoms with Crippen LogP contribution in [-0.2, 0) is 30.3 Å². The summed E-state index contributed by atoms with van der Waals surface area (Å²) >= 11 is 0. The summed E-state index contributed by atoms with van der Waals surface area (Å²) in [6, 6.07) is 11.7. The zero-order chi connectivity index (χ0) is 28.0. The number of hydrogen-bond donors (Lipinski definition) is 2. The second-order valence-corrected chi connectivity index (χ2v) is 10.3. The van der Waals surface area contributed by atoms with Crippen molar-refractivity contribution in [2.75, 3.05) is 40.0 Å². The summed E-state index contributed by atoms with van der Waals surface area (Å²) in [5.74, 6) is -1.67. The average Bonchev–Trinajstić information content (AvgIpc) is 3.28. The van der Waals surface area contributed by atoms with Gasteiger partial charge in [0.15, 0.2) is 0 Å². The van der Waals surface area contributed by atoms with Gasteiger partial charge in [0.2, 0.25) is 0 Å². The molecule has 0 saturated carbocycles. The Labute approximate surface area is 230 Å². The smallest absolute Gasteiger partial charge is 0.337 e. The van der Waals surface area contributed by atoms with E-state index >= 15 is 0 Å². The van der Waals surface area contributed by atoms with Gasteiger partial charge in [-0.15, -0.1) is 0 Å². The molecule has 0 spiro atoms. The predicted octanol–water partition coefficient (Wildman–Crippen LogP) is 2.96. The van der Waals surface area contributed by atoms with Gasteiger partial charge in [-0.2, -0.15) is 0 Å². The van der Waals surface area contributed by atoms with E-state index in [4.69, 9.17) is 19.9 Å². The van der Waals surface area contributed by atoms with Crippen molar-refractivity contribution in [1.29, 1.82) is 0 Å². The van der Waals surface area contributed by atoms with Crippen LogP contribution < -0.4 is 11.1 Å². The van der Waals surface area contributed by atoms with Crippen molar-refractivity contribution >= 4 is 11.9 Å². The number of methoxy groups -OCH3 is 1. The van der Waals surface area contributed by atoms with Crippen molar-refractivity contribution < 1.29 is 23.8 Å². The number of nitrogens with two attached hydrogens (primary N) is 1. The third kappa shape index (κ3) is 6.55. The normalized spacial score (nSPS) is 21.6. The number of rotatable bonds is 10. The van der Waals surface area contributed by atoms with Gasteiger partial charge < -0.3 is 25.3 Å². The van der Waals surface area contributed by atoms with Gasteiger partial charge in [0.25, 0.3) is 0 Å². The predicted molar refractivity (Wildman–Crippen MR) is 147 cm³/mol. The van der Waals surface area contributed by atoms with Gasteiger partial charge in [-0.05, 0) is 43.5 Å². The van der Waals surface area contributed by atoms with Crippen LogP contribution in [0.4, 0.5) is 0 Å². The van der Waals surface area contributed by atoms with E-state index in [1.807, 2.05) is 56.4 Å². The maximum Gasteiger partial charge on any atom is 0.337 e. The van der Waals surface area contributed by atoms with Crippen molar-refractivity contribution in [1.82, 2.24) is 15.2 Å². The van der Waals surface area contributed by atoms with Gasteiger partial charge in [0.1, 0.15) is 5.60 Å². The third-order valence-electron chi connectivity index (χ3n) is 7.26. The fourth-order valence-corrected chi connectivity index (χ4v) is 5.38. The van der Waals surface area contributed by atoms with Crippen LogP contribution in [0.25, 0.3) is 0 Å². The highest BCUT2D eigenvalue weighted by atomic mass is 16.6. The summed E-state index contributed by atoms with van der Waals surface area (Å²) in [7, 11) is 1.34. The Kier molecular flexibility index (Phi) is 9.16. The fraction of sp³-hybridized carbons (Fsp3) is 0.433. The second-order valence-electron chi connectivity index (χ2n) is 10.3. The SMILES string of the molecule is COC(=O)C1=C(C)NC(COCCN)=C(C(=O)OC2(C)CCN(Cc3cccnc3)C2)C1c1ccccc1C. The number of nitrogens with zero attached hydrogens (tertiary/aromatic N) is 2. The number of carbonyl (C=O) groups excluding carboxylic acids is 2. The number of pyridine rings is 1. The quantitative estimate of drug-likeness (QED) is 0.351. The van der Waals surface area contributed by atoms with Crippen LogP contribution in [0.2, 0.25) is 0 Å². The minimum absolute atomic E-state index is 0.125. The molecule has 0 amide bonds. The van der Waals surface area contributed by atoms with Crippen LogP contribution in [0.5, 0.6) is 0 Å². The largest absolute Gasteiger partial charge is 0.466 e. The fourth-order valence-electron chi connectivity index (χ4n) is 5.38. The van der Waals surface area contributed by atoms with E-state index in [-0.39, 0.29) is 6.61 Å². The van der Waals surface area contributed by atoms with E-state index in [2.05, 4.69) is 15.2 Å². The van der Waals surface area contributed by atoms with Crippen LogP contribution in [0.3, 0.4) is 0 Å². The van der Waals surface area contributed by atoms with Gasteiger partial charge in [-0.3, -0.25) is 9.88 Å². The first-order valence-corrected chi connectivity index (χ1v) is 13.2. The highest BCUT2D eigenvalue weighted by Gasteiger charge is 2.43. The summed E-state index contributed by atoms with van der Waals surface area (Å²) in [6.45, 7) is 8.62. The number of nitrogens with one attached hydrogen (secondary N) is 1. The molecule has 0 radical (unpaired) electrons. The van der Waals surface area contributed by atoms with E-state index in [0.29, 0.717) is 48.7 Å². The van der Waals surface area contributed by atoms with E-state index in [1.165, 1.54) is 7.11 Å². The monoisotopic (exact) mass is 534 g/mol. The lowest BCUT2D eigenvalue weighted by Gasteiger charge is -2.34. The second kappa shape index (κ2) is 12.5. The molecule has 0 aliphatic carbocycles. The maximum atomic E-state index is 14.1. The van der Waals surface area contributed by atoms with Crippen LogP contribution in [-0.4, -0.2) is 67.4 Å². The number of ether oxygens (including phenoxy) is 3. The number of likely N-dealkylation sites (tertiary alicyclic amines) is 1. The first-order chi connectivity index (χ1) is 18.8. The molecule has 2 aliphatic rings. The molecule has 208 valence electrons. The highest BCUT2D eigenvalue weighted by molar-refractivity contribution is 6.00. The Bertz CT molecular complexity index is 1260. The first kappa shape index (κ1) is 28.5. The molecular weight excluding hydrogens is 496 g/mol. The zero-order valence-electron chi connectivity index (χ0n) is 23.2. The number of esters is 2. The first-order valence-electron chi connectivity index (χ1n) is 13.2. The standard InChI is InChI=1S/C30H38N4O5/c1-20-8-5-6-10-23(20)26-25(28(35)37-4)21(2)33-24(18-38-15-12-31)27(26)29(36)39-30(3)11-14-34(19-30)17-22-9-7-13-32-16-22/h5-10,13,16,26,33H,11-12,14-15,17-19,31H2,1-4H3. The van der Waals surface area contributed by atoms with E-state index in [9.17, 15) is 9.59 Å². The molecule has 2 aromatic rings. The molecule has 3 N–H and O–H groups in total. The summed E-state index contributed by atoms with van der Waals surface area (Å²) in [5.41, 5.74) is 9.71. The number of hydrogen-bond acceptors (Lipinski definition) is 9. The number of aryl methyl sites for hydroxylation is 1. The summed E-state index contributed by atoms with van der Waals surface area (Å²) in [5, 5.41) is 3.24. The molecule has 4 rings (SSSR count). The van der Waals surface area contributed by atoms with Crippen molar-refractivity contribution in [3.63, 3.8) is 0 Å². The zero-order valence-corrected chi connectivity index (χ0v) is 23.2. The number of benzene rings is 1. The summed E-state index contributed by atoms with van der Waals surface area (Å²) < 4.78 is 17.2. The van der Waals surface area contributed by atoms with Crippen LogP contribution in [0.1, 0.15) is 42.9 Å². The van der Waals surface area contributed by atoms with Gasteiger partial charge in [0.05, 0.1) is 43.1 Å². The average molecular weight is 535 g/mol. The molecule has 0 bridgehead atoms. The molecule has 2 atom stereocenters. The van der Waals surface area contributed by atoms with Crippen molar-refractivity contribution in [3.8, 4) is 0 Å². The Morgan fingerprint density at radius 1 is 1.15 bits per heavy atom. The molecule has 1 fully saturated rings. The summed E-state index contributed by atoms with van der Waals surface area (Å²) in [4.78, 5) is 33.7. The third-order valence-corrected chi connectivity index (χ3v) is 7.26. The van der Waals surface area contributed by atoms with Crippen LogP contribution in [0.15, 0.2) is 71.3 Å². The molecule has 39 heavy (non-hydrogen) atoms. The number of allylic oxidation sites excluding steroid dienone is 1. The molecule has 1 aromatic heterocycles. The van der Waals surface area contributed by atoms with E-state index in [1.54, 1.807) is 13.1 Å². The Morgan fingerprint density at radius 2 is 1.95 bits per heavy atom. The molecular formula is C30H38N4O5. The van der Waals surface area contributed by atoms with Crippen molar-refractivity contribution in [3.05, 3.63) is 88.0 Å². The molecule has 9 heteroatoms. The van der Waals surface area contributed by atoms with Gasteiger partial charge in [-0.1, -0.05) is 30.3 Å². The van der Waals surface area contributed by atoms with E-state index in [0.717, 1.165) is 29.8 Å². The maximum absolute atomic E-state index is 14.1. The number of aromatic nitrogens is 1. The lowest BCUT2D eigenvalue weighted by Crippen LogP contribution is -2.40. The molecule has 9 nitrogen and oxygen atoms in total. The lowest BCUT2D eigenvalue weighted by atomic mass is 9.78. The number of carbonyl (C=O) groups is 2. The van der Waals surface area contributed by atoms with Gasteiger partial charge >= 0.3 is 11.9 Å². The minimum Gasteiger partial charge on any atom is -0.466 e. The summed E-state index contributed by atoms with van der Waals surface area (Å²) in [6.07, 6.45) is 4.29. The van der Waals surface area contributed by atoms with E-state index < -0.39 is 23.5 Å². The Balaban J connectivity index is 1.68.